The largest absolute Gasteiger partial charge is 0.363 e. The van der Waals surface area contributed by atoms with Gasteiger partial charge in [-0.3, -0.25) is 0 Å². The molecule has 0 aliphatic carbocycles. The first kappa shape index (κ1) is 20.3. The van der Waals surface area contributed by atoms with Crippen molar-refractivity contribution in [2.45, 2.75) is 32.2 Å². The van der Waals surface area contributed by atoms with E-state index < -0.39 is 5.82 Å². The van der Waals surface area contributed by atoms with Gasteiger partial charge in [-0.05, 0) is 25.3 Å². The summed E-state index contributed by atoms with van der Waals surface area (Å²) in [5, 5.41) is 7.29. The fourth-order valence-electron chi connectivity index (χ4n) is 3.58. The van der Waals surface area contributed by atoms with Gasteiger partial charge >= 0.3 is 6.03 Å². The SMILES string of the molecule is CCCNC(=O)N1CCCC(Nc2nc(-c3c[nH]c4ncc(Cl)cc34)ncc2F)C1. The Labute approximate surface area is 178 Å². The van der Waals surface area contributed by atoms with E-state index in [2.05, 4.69) is 30.6 Å². The number of H-pyrrole nitrogens is 1. The minimum Gasteiger partial charge on any atom is -0.363 e. The van der Waals surface area contributed by atoms with Crippen molar-refractivity contribution in [1.82, 2.24) is 30.2 Å². The van der Waals surface area contributed by atoms with Crippen molar-refractivity contribution in [3.05, 3.63) is 35.5 Å². The Bertz CT molecular complexity index is 1060. The van der Waals surface area contributed by atoms with Crippen molar-refractivity contribution in [3.8, 4) is 11.4 Å². The molecule has 3 aromatic rings. The number of piperidine rings is 1. The molecule has 2 amide bonds. The van der Waals surface area contributed by atoms with Crippen molar-refractivity contribution < 1.29 is 9.18 Å². The van der Waals surface area contributed by atoms with Crippen molar-refractivity contribution >= 4 is 34.5 Å². The molecule has 1 unspecified atom stereocenters. The maximum Gasteiger partial charge on any atom is 0.317 e. The fraction of sp³-hybridized carbons (Fsp3) is 0.400. The van der Waals surface area contributed by atoms with Gasteiger partial charge in [0.25, 0.3) is 0 Å². The molecule has 1 fully saturated rings. The number of carbonyl (C=O) groups is 1. The molecule has 3 aromatic heterocycles. The van der Waals surface area contributed by atoms with Crippen LogP contribution in [0.2, 0.25) is 5.02 Å². The summed E-state index contributed by atoms with van der Waals surface area (Å²) in [5.74, 6) is -0.0602. The van der Waals surface area contributed by atoms with Gasteiger partial charge in [-0.25, -0.2) is 24.1 Å². The predicted molar refractivity (Wildman–Crippen MR) is 114 cm³/mol. The van der Waals surface area contributed by atoms with E-state index in [9.17, 15) is 9.18 Å². The van der Waals surface area contributed by atoms with Crippen LogP contribution >= 0.6 is 11.6 Å². The van der Waals surface area contributed by atoms with Gasteiger partial charge in [-0.1, -0.05) is 18.5 Å². The summed E-state index contributed by atoms with van der Waals surface area (Å²) in [6.45, 7) is 3.82. The van der Waals surface area contributed by atoms with Gasteiger partial charge in [0, 0.05) is 49.0 Å². The van der Waals surface area contributed by atoms with Crippen LogP contribution in [0.5, 0.6) is 0 Å². The number of pyridine rings is 1. The third-order valence-corrected chi connectivity index (χ3v) is 5.27. The van der Waals surface area contributed by atoms with Gasteiger partial charge in [0.05, 0.1) is 11.2 Å². The van der Waals surface area contributed by atoms with E-state index in [1.807, 2.05) is 6.92 Å². The average molecular weight is 432 g/mol. The Balaban J connectivity index is 1.53. The second-order valence-electron chi connectivity index (χ2n) is 7.30. The number of rotatable bonds is 5. The second-order valence-corrected chi connectivity index (χ2v) is 7.74. The summed E-state index contributed by atoms with van der Waals surface area (Å²) in [5.41, 5.74) is 1.34. The highest BCUT2D eigenvalue weighted by atomic mass is 35.5. The van der Waals surface area contributed by atoms with Crippen LogP contribution in [0.3, 0.4) is 0 Å². The number of amides is 2. The number of nitrogens with one attached hydrogen (secondary N) is 3. The summed E-state index contributed by atoms with van der Waals surface area (Å²) >= 11 is 6.06. The maximum absolute atomic E-state index is 14.4. The van der Waals surface area contributed by atoms with E-state index in [-0.39, 0.29) is 17.9 Å². The zero-order valence-corrected chi connectivity index (χ0v) is 17.3. The quantitative estimate of drug-likeness (QED) is 0.570. The average Bonchev–Trinajstić information content (AvgIpc) is 3.17. The number of likely N-dealkylation sites (tertiary alicyclic amines) is 1. The normalized spacial score (nSPS) is 16.6. The molecule has 4 rings (SSSR count). The molecule has 30 heavy (non-hydrogen) atoms. The Kier molecular flexibility index (Phi) is 5.98. The molecule has 158 valence electrons. The summed E-state index contributed by atoms with van der Waals surface area (Å²) in [7, 11) is 0. The highest BCUT2D eigenvalue weighted by Crippen LogP contribution is 2.28. The molecule has 0 bridgehead atoms. The zero-order valence-electron chi connectivity index (χ0n) is 16.6. The van der Waals surface area contributed by atoms with E-state index in [4.69, 9.17) is 11.6 Å². The summed E-state index contributed by atoms with van der Waals surface area (Å²) in [6.07, 6.45) is 6.96. The first-order chi connectivity index (χ1) is 14.5. The molecule has 1 atom stereocenters. The molecule has 10 heteroatoms. The predicted octanol–water partition coefficient (Wildman–Crippen LogP) is 3.81. The number of anilines is 1. The number of fused-ring (bicyclic) bond motifs is 1. The number of nitrogens with zero attached hydrogens (tertiary/aromatic N) is 4. The van der Waals surface area contributed by atoms with Crippen LogP contribution in [0.1, 0.15) is 26.2 Å². The highest BCUT2D eigenvalue weighted by Gasteiger charge is 2.25. The number of aromatic nitrogens is 4. The monoisotopic (exact) mass is 431 g/mol. The number of hydrogen-bond acceptors (Lipinski definition) is 5. The lowest BCUT2D eigenvalue weighted by atomic mass is 10.1. The number of hydrogen-bond donors (Lipinski definition) is 3. The first-order valence-electron chi connectivity index (χ1n) is 10.00. The van der Waals surface area contributed by atoms with Crippen LogP contribution in [-0.4, -0.2) is 56.5 Å². The summed E-state index contributed by atoms with van der Waals surface area (Å²) in [4.78, 5) is 29.8. The van der Waals surface area contributed by atoms with Gasteiger partial charge in [0.1, 0.15) is 5.65 Å². The third kappa shape index (κ3) is 4.30. The van der Waals surface area contributed by atoms with Crippen LogP contribution in [0, 0.1) is 5.82 Å². The molecule has 0 saturated carbocycles. The van der Waals surface area contributed by atoms with Gasteiger partial charge in [-0.2, -0.15) is 0 Å². The van der Waals surface area contributed by atoms with E-state index in [0.29, 0.717) is 41.7 Å². The van der Waals surface area contributed by atoms with Gasteiger partial charge < -0.3 is 20.5 Å². The Morgan fingerprint density at radius 1 is 1.40 bits per heavy atom. The van der Waals surface area contributed by atoms with Crippen molar-refractivity contribution in [2.24, 2.45) is 0 Å². The van der Waals surface area contributed by atoms with Gasteiger partial charge in [-0.15, -0.1) is 0 Å². The Hall–Kier alpha value is -2.94. The third-order valence-electron chi connectivity index (χ3n) is 5.06. The molecule has 3 N–H and O–H groups in total. The lowest BCUT2D eigenvalue weighted by molar-refractivity contribution is 0.182. The van der Waals surface area contributed by atoms with E-state index in [1.54, 1.807) is 23.4 Å². The lowest BCUT2D eigenvalue weighted by Gasteiger charge is -2.33. The molecule has 1 aliphatic rings. The van der Waals surface area contributed by atoms with Crippen LogP contribution in [0.15, 0.2) is 24.7 Å². The molecule has 8 nitrogen and oxygen atoms in total. The molecule has 4 heterocycles. The molecule has 0 radical (unpaired) electrons. The van der Waals surface area contributed by atoms with E-state index >= 15 is 0 Å². The van der Waals surface area contributed by atoms with Gasteiger partial charge in [0.2, 0.25) is 0 Å². The highest BCUT2D eigenvalue weighted by molar-refractivity contribution is 6.31. The summed E-state index contributed by atoms with van der Waals surface area (Å²) in [6, 6.07) is 1.58. The first-order valence-corrected chi connectivity index (χ1v) is 10.4. The minimum atomic E-state index is -0.540. The van der Waals surface area contributed by atoms with Crippen molar-refractivity contribution in [1.29, 1.82) is 0 Å². The molecule has 0 aromatic carbocycles. The Morgan fingerprint density at radius 2 is 2.27 bits per heavy atom. The number of aromatic amines is 1. The number of halogens is 2. The van der Waals surface area contributed by atoms with Crippen molar-refractivity contribution in [3.63, 3.8) is 0 Å². The molecular formula is C20H23ClFN7O. The summed E-state index contributed by atoms with van der Waals surface area (Å²) < 4.78 is 14.4. The van der Waals surface area contributed by atoms with Crippen LogP contribution in [0.4, 0.5) is 15.0 Å². The molecule has 1 aliphatic heterocycles. The second kappa shape index (κ2) is 8.83. The zero-order chi connectivity index (χ0) is 21.1. The minimum absolute atomic E-state index is 0.0876. The number of urea groups is 1. The number of carbonyl (C=O) groups excluding carboxylic acids is 1. The standard InChI is InChI=1S/C20H23ClFN7O/c1-2-5-23-20(30)29-6-3-4-13(11-29)27-19-16(22)10-26-18(28-19)15-9-25-17-14(15)7-12(21)8-24-17/h7-10,13H,2-6,11H2,1H3,(H,23,30)(H,24,25)(H,26,27,28). The Morgan fingerprint density at radius 3 is 3.10 bits per heavy atom. The van der Waals surface area contributed by atoms with E-state index in [1.165, 1.54) is 0 Å². The maximum atomic E-state index is 14.4. The van der Waals surface area contributed by atoms with Crippen molar-refractivity contribution in [2.75, 3.05) is 25.0 Å². The fourth-order valence-corrected chi connectivity index (χ4v) is 3.74. The van der Waals surface area contributed by atoms with Crippen LogP contribution < -0.4 is 10.6 Å². The molecular weight excluding hydrogens is 409 g/mol. The van der Waals surface area contributed by atoms with Gasteiger partial charge in [0.15, 0.2) is 17.5 Å². The smallest absolute Gasteiger partial charge is 0.317 e. The lowest BCUT2D eigenvalue weighted by Crippen LogP contribution is -2.49. The topological polar surface area (TPSA) is 98.8 Å². The molecule has 0 spiro atoms. The molecule has 1 saturated heterocycles. The van der Waals surface area contributed by atoms with Crippen LogP contribution in [0.25, 0.3) is 22.4 Å². The van der Waals surface area contributed by atoms with Crippen LogP contribution in [-0.2, 0) is 0 Å². The van der Waals surface area contributed by atoms with E-state index in [0.717, 1.165) is 30.8 Å².